The molecule has 13 nitrogen and oxygen atoms in total. The summed E-state index contributed by atoms with van der Waals surface area (Å²) in [6.45, 7) is 0. The molecule has 4 aromatic rings. The van der Waals surface area contributed by atoms with Crippen LogP contribution in [0.15, 0.2) is 118 Å². The van der Waals surface area contributed by atoms with Gasteiger partial charge in [0.1, 0.15) is 23.0 Å². The number of carboxylic acids is 3. The Bertz CT molecular complexity index is 2050. The summed E-state index contributed by atoms with van der Waals surface area (Å²) in [6, 6.07) is 14.7. The van der Waals surface area contributed by atoms with E-state index in [4.69, 9.17) is 0 Å². The van der Waals surface area contributed by atoms with Gasteiger partial charge in [-0.25, -0.2) is 8.78 Å². The van der Waals surface area contributed by atoms with Crippen LogP contribution in [0.4, 0.5) is 35.1 Å². The smallest absolute Gasteiger partial charge is 0.547 e. The molecular formula is C32H16F8IrN7O6. The first-order valence-electron chi connectivity index (χ1n) is 14.2. The number of carboxylic acid groups (broad SMARTS) is 3. The van der Waals surface area contributed by atoms with E-state index in [0.29, 0.717) is 18.2 Å². The van der Waals surface area contributed by atoms with Crippen molar-refractivity contribution in [3.63, 3.8) is 0 Å². The molecule has 5 heterocycles. The maximum atomic E-state index is 13.5. The first-order valence-corrected chi connectivity index (χ1v) is 14.2. The molecule has 0 N–H and O–H groups in total. The normalized spacial score (nSPS) is 18.5. The van der Waals surface area contributed by atoms with Crippen LogP contribution in [0.5, 0.6) is 0 Å². The molecule has 280 valence electrons. The third-order valence-electron chi connectivity index (χ3n) is 6.89. The summed E-state index contributed by atoms with van der Waals surface area (Å²) in [6.07, 6.45) is -5.50. The van der Waals surface area contributed by atoms with Crippen LogP contribution in [0.3, 0.4) is 0 Å². The number of rotatable bonds is 6. The molecule has 0 radical (unpaired) electrons. The second-order valence-electron chi connectivity index (χ2n) is 10.3. The van der Waals surface area contributed by atoms with Crippen molar-refractivity contribution in [1.29, 1.82) is 0 Å². The summed E-state index contributed by atoms with van der Waals surface area (Å²) < 4.78 is 103. The standard InChI is InChI=1S/C12H7F2NO2.2C10H6F3N3O2.Ir/c13-7-3-4-8(10(14)6-7)9-2-1-5-15-11(9)12(16)17;2*11-10(12,13)9(8(17)18)5-7(15-16-9)6-3-1-2-4-14-6;/h1-6H,(H,16,17);2*1-5H,(H,17,18);/q;;;+3/p-3. The molecule has 2 atom stereocenters. The quantitative estimate of drug-likeness (QED) is 0.260. The van der Waals surface area contributed by atoms with Crippen molar-refractivity contribution in [2.45, 2.75) is 23.4 Å². The third-order valence-corrected chi connectivity index (χ3v) is 6.89. The second-order valence-corrected chi connectivity index (χ2v) is 10.3. The van der Waals surface area contributed by atoms with Gasteiger partial charge in [0.05, 0.1) is 35.0 Å². The Morgan fingerprint density at radius 3 is 1.41 bits per heavy atom. The zero-order valence-electron chi connectivity index (χ0n) is 26.2. The molecule has 2 aliphatic rings. The molecule has 0 saturated carbocycles. The van der Waals surface area contributed by atoms with Gasteiger partial charge < -0.3 is 29.7 Å². The van der Waals surface area contributed by atoms with E-state index < -0.39 is 53.0 Å². The summed E-state index contributed by atoms with van der Waals surface area (Å²) in [5, 5.41) is 44.3. The Labute approximate surface area is 309 Å². The SMILES string of the molecule is O=C([O-])C1(C(F)(F)F)C=C(c2ccccn2)N=N1.O=C([O-])C1(C(F)(F)F)C=C(c2ccccn2)N=N1.O=C([O-])c1ncccc1-c1ccc(F)cc1F.[Ir+3]. The molecule has 3 aromatic heterocycles. The topological polar surface area (TPSA) is 208 Å². The number of aromatic carboxylic acids is 1. The van der Waals surface area contributed by atoms with Crippen molar-refractivity contribution in [2.24, 2.45) is 20.5 Å². The number of halogens is 8. The van der Waals surface area contributed by atoms with Gasteiger partial charge >= 0.3 is 32.5 Å². The average molecular weight is 939 g/mol. The number of carbonyl (C=O) groups is 3. The van der Waals surface area contributed by atoms with Crippen LogP contribution in [0.2, 0.25) is 0 Å². The van der Waals surface area contributed by atoms with Gasteiger partial charge in [-0.05, 0) is 54.6 Å². The minimum atomic E-state index is -5.12. The molecule has 0 amide bonds. The van der Waals surface area contributed by atoms with Crippen molar-refractivity contribution in [3.8, 4) is 11.1 Å². The van der Waals surface area contributed by atoms with Gasteiger partial charge in [0.25, 0.3) is 0 Å². The fourth-order valence-corrected chi connectivity index (χ4v) is 4.26. The molecule has 0 aliphatic carbocycles. The number of hydrogen-bond donors (Lipinski definition) is 0. The summed E-state index contributed by atoms with van der Waals surface area (Å²) in [5.41, 5.74) is -7.50. The number of alkyl halides is 6. The van der Waals surface area contributed by atoms with E-state index >= 15 is 0 Å². The van der Waals surface area contributed by atoms with Gasteiger partial charge in [0.2, 0.25) is 11.1 Å². The maximum Gasteiger partial charge on any atom is 3.00 e. The minimum absolute atomic E-state index is 0. The van der Waals surface area contributed by atoms with Crippen molar-refractivity contribution < 1.29 is 84.9 Å². The molecule has 0 bridgehead atoms. The molecule has 0 saturated heterocycles. The first kappa shape index (κ1) is 42.3. The number of aromatic nitrogens is 3. The Kier molecular flexibility index (Phi) is 13.1. The van der Waals surface area contributed by atoms with E-state index in [1.807, 2.05) is 0 Å². The molecule has 2 aliphatic heterocycles. The Balaban J connectivity index is 0.000000216. The number of benzene rings is 1. The zero-order valence-corrected chi connectivity index (χ0v) is 28.6. The molecule has 6 rings (SSSR count). The van der Waals surface area contributed by atoms with E-state index in [0.717, 1.165) is 12.1 Å². The molecule has 2 unspecified atom stereocenters. The summed E-state index contributed by atoms with van der Waals surface area (Å²) >= 11 is 0. The van der Waals surface area contributed by atoms with Crippen LogP contribution in [0.1, 0.15) is 21.9 Å². The number of aliphatic carboxylic acids is 2. The summed E-state index contributed by atoms with van der Waals surface area (Å²) in [7, 11) is 0. The second kappa shape index (κ2) is 16.7. The van der Waals surface area contributed by atoms with Gasteiger partial charge in [-0.3, -0.25) is 15.0 Å². The van der Waals surface area contributed by atoms with Crippen LogP contribution < -0.4 is 15.3 Å². The monoisotopic (exact) mass is 939 g/mol. The number of pyridine rings is 3. The largest absolute Gasteiger partial charge is 3.00 e. The fourth-order valence-electron chi connectivity index (χ4n) is 4.26. The van der Waals surface area contributed by atoms with Gasteiger partial charge in [-0.15, -0.1) is 0 Å². The van der Waals surface area contributed by atoms with Gasteiger partial charge in [0.15, 0.2) is 0 Å². The molecule has 0 fully saturated rings. The molecule has 22 heteroatoms. The van der Waals surface area contributed by atoms with E-state index in [1.54, 1.807) is 12.1 Å². The summed E-state index contributed by atoms with van der Waals surface area (Å²) in [5.74, 6) is -7.83. The van der Waals surface area contributed by atoms with Crippen LogP contribution in [-0.4, -0.2) is 56.3 Å². The van der Waals surface area contributed by atoms with Gasteiger partial charge in [-0.1, -0.05) is 18.2 Å². The number of hydrogen-bond acceptors (Lipinski definition) is 13. The Morgan fingerprint density at radius 2 is 1.06 bits per heavy atom. The average Bonchev–Trinajstić information content (AvgIpc) is 3.78. The van der Waals surface area contributed by atoms with Crippen LogP contribution in [0.25, 0.3) is 22.5 Å². The number of azo groups is 2. The maximum absolute atomic E-state index is 13.5. The van der Waals surface area contributed by atoms with Crippen LogP contribution in [0, 0.1) is 11.6 Å². The van der Waals surface area contributed by atoms with E-state index in [9.17, 15) is 64.8 Å². The van der Waals surface area contributed by atoms with Crippen molar-refractivity contribution in [2.75, 3.05) is 0 Å². The zero-order chi connectivity index (χ0) is 39.2. The van der Waals surface area contributed by atoms with Gasteiger partial charge in [-0.2, -0.15) is 46.8 Å². The van der Waals surface area contributed by atoms with Crippen LogP contribution >= 0.6 is 0 Å². The van der Waals surface area contributed by atoms with Gasteiger partial charge in [0, 0.05) is 35.8 Å². The van der Waals surface area contributed by atoms with Crippen molar-refractivity contribution in [1.82, 2.24) is 15.0 Å². The van der Waals surface area contributed by atoms with E-state index in [1.165, 1.54) is 55.0 Å². The number of carbonyl (C=O) groups excluding carboxylic acids is 3. The summed E-state index contributed by atoms with van der Waals surface area (Å²) in [4.78, 5) is 43.3. The molecule has 0 spiro atoms. The van der Waals surface area contributed by atoms with Crippen molar-refractivity contribution >= 4 is 29.3 Å². The minimum Gasteiger partial charge on any atom is -0.547 e. The van der Waals surface area contributed by atoms with E-state index in [-0.39, 0.29) is 59.7 Å². The third kappa shape index (κ3) is 8.89. The Morgan fingerprint density at radius 1 is 0.593 bits per heavy atom. The molecular weight excluding hydrogens is 923 g/mol. The molecule has 54 heavy (non-hydrogen) atoms. The fraction of sp³-hybridized carbons (Fsp3) is 0.125. The van der Waals surface area contributed by atoms with Crippen LogP contribution in [-0.2, 0) is 29.7 Å². The Hall–Kier alpha value is -6.15. The number of nitrogens with zero attached hydrogens (tertiary/aromatic N) is 7. The predicted octanol–water partition coefficient (Wildman–Crippen LogP) is 3.27. The molecule has 1 aromatic carbocycles. The van der Waals surface area contributed by atoms with Crippen molar-refractivity contribution in [3.05, 3.63) is 126 Å². The predicted molar refractivity (Wildman–Crippen MR) is 156 cm³/mol. The van der Waals surface area contributed by atoms with E-state index in [2.05, 4.69) is 35.4 Å². The first-order chi connectivity index (χ1) is 24.8.